The number of carbonyl (C=O) groups is 1. The van der Waals surface area contributed by atoms with Crippen LogP contribution in [-0.2, 0) is 4.79 Å². The number of carboxylic acids is 1. The first-order valence-electron chi connectivity index (χ1n) is 2.56. The van der Waals surface area contributed by atoms with Gasteiger partial charge >= 0.3 is 5.97 Å². The summed E-state index contributed by atoms with van der Waals surface area (Å²) in [6.07, 6.45) is 0. The number of hydrogen-bond acceptors (Lipinski definition) is 3. The maximum atomic E-state index is 10.2. The maximum Gasteiger partial charge on any atom is 0.321 e. The number of carboxylic acid groups (broad SMARTS) is 1. The second-order valence-electron chi connectivity index (χ2n) is 2.47. The van der Waals surface area contributed by atoms with Crippen molar-refractivity contribution in [1.82, 2.24) is 0 Å². The van der Waals surface area contributed by atoms with Crippen LogP contribution < -0.4 is 5.73 Å². The average Bonchev–Trinajstić information content (AvgIpc) is 1.62. The highest BCUT2D eigenvalue weighted by Crippen LogP contribution is 2.15. The maximum absolute atomic E-state index is 10.2. The van der Waals surface area contributed by atoms with Crippen LogP contribution in [0.4, 0.5) is 0 Å². The summed E-state index contributed by atoms with van der Waals surface area (Å²) in [5.74, 6) is -1.02. The molecule has 0 heterocycles. The summed E-state index contributed by atoms with van der Waals surface area (Å²) >= 11 is 3.98. The normalized spacial score (nSPS) is 13.6. The van der Waals surface area contributed by atoms with Crippen LogP contribution in [-0.4, -0.2) is 21.9 Å². The highest BCUT2D eigenvalue weighted by Gasteiger charge is 2.27. The molecule has 0 radical (unpaired) electrons. The summed E-state index contributed by atoms with van der Waals surface area (Å²) in [7, 11) is 0. The Kier molecular flexibility index (Phi) is 5.24. The van der Waals surface area contributed by atoms with Crippen LogP contribution in [0.1, 0.15) is 13.8 Å². The van der Waals surface area contributed by atoms with E-state index in [4.69, 9.17) is 10.8 Å². The number of thiol groups is 1. The van der Waals surface area contributed by atoms with Gasteiger partial charge in [-0.15, -0.1) is 0 Å². The zero-order valence-corrected chi connectivity index (χ0v) is 7.85. The third-order valence-electron chi connectivity index (χ3n) is 1.03. The molecule has 3 N–H and O–H groups in total. The van der Waals surface area contributed by atoms with Crippen molar-refractivity contribution in [1.29, 1.82) is 0 Å². The summed E-state index contributed by atoms with van der Waals surface area (Å²) < 4.78 is -0.647. The van der Waals surface area contributed by atoms with Crippen molar-refractivity contribution < 1.29 is 9.90 Å². The summed E-state index contributed by atoms with van der Waals surface area (Å²) in [6.45, 7) is 3.32. The smallest absolute Gasteiger partial charge is 0.321 e. The van der Waals surface area contributed by atoms with E-state index in [1.807, 2.05) is 0 Å². The van der Waals surface area contributed by atoms with Gasteiger partial charge in [0.15, 0.2) is 0 Å². The van der Waals surface area contributed by atoms with E-state index in [9.17, 15) is 4.79 Å². The molecule has 0 spiro atoms. The van der Waals surface area contributed by atoms with Gasteiger partial charge in [-0.05, 0) is 13.8 Å². The highest BCUT2D eigenvalue weighted by molar-refractivity contribution is 7.81. The van der Waals surface area contributed by atoms with Gasteiger partial charge in [-0.25, -0.2) is 0 Å². The molecule has 0 aromatic rings. The van der Waals surface area contributed by atoms with Gasteiger partial charge in [-0.2, -0.15) is 26.1 Å². The van der Waals surface area contributed by atoms with E-state index in [0.717, 1.165) is 0 Å². The lowest BCUT2D eigenvalue weighted by atomic mass is 10.1. The molecule has 0 aliphatic carbocycles. The summed E-state index contributed by atoms with van der Waals surface area (Å²) in [5.41, 5.74) is 5.22. The molecule has 0 aliphatic rings. The summed E-state index contributed by atoms with van der Waals surface area (Å²) in [5, 5.41) is 8.34. The van der Waals surface area contributed by atoms with E-state index in [1.165, 1.54) is 0 Å². The summed E-state index contributed by atoms with van der Waals surface area (Å²) in [4.78, 5) is 10.2. The molecule has 62 valence electrons. The van der Waals surface area contributed by atoms with Crippen LogP contribution >= 0.6 is 26.1 Å². The molecule has 0 fully saturated rings. The molecule has 3 nitrogen and oxygen atoms in total. The first-order valence-corrected chi connectivity index (χ1v) is 3.01. The zero-order chi connectivity index (χ0) is 7.65. The minimum absolute atomic E-state index is 0. The second kappa shape index (κ2) is 4.10. The molecule has 0 rings (SSSR count). The fraction of sp³-hybridized carbons (Fsp3) is 0.800. The number of aliphatic carboxylic acids is 1. The predicted molar refractivity (Wildman–Crippen MR) is 49.1 cm³/mol. The van der Waals surface area contributed by atoms with E-state index >= 15 is 0 Å². The van der Waals surface area contributed by atoms with E-state index < -0.39 is 16.8 Å². The Balaban J connectivity index is 0. The molecule has 0 aliphatic heterocycles. The van der Waals surface area contributed by atoms with Crippen molar-refractivity contribution >= 4 is 32.1 Å². The van der Waals surface area contributed by atoms with Crippen LogP contribution in [0.5, 0.6) is 0 Å². The topological polar surface area (TPSA) is 63.3 Å². The third kappa shape index (κ3) is 4.03. The standard InChI is InChI=1S/C5H11NO2S.H2S/c1-5(2,9)3(6)4(7)8;/h3,9H,6H2,1-2H3,(H,7,8);1H2/t3-;/m0./s1. The Bertz CT molecular complexity index is 121. The van der Waals surface area contributed by atoms with Gasteiger partial charge in [0.25, 0.3) is 0 Å². The van der Waals surface area contributed by atoms with Gasteiger partial charge in [-0.3, -0.25) is 4.79 Å². The molecule has 10 heavy (non-hydrogen) atoms. The lowest BCUT2D eigenvalue weighted by Crippen LogP contribution is -2.45. The Morgan fingerprint density at radius 2 is 2.00 bits per heavy atom. The first-order chi connectivity index (χ1) is 3.85. The Hall–Kier alpha value is 0.130. The van der Waals surface area contributed by atoms with Gasteiger partial charge < -0.3 is 10.8 Å². The molecule has 1 atom stereocenters. The van der Waals surface area contributed by atoms with Gasteiger partial charge in [0, 0.05) is 4.75 Å². The number of hydrogen-bond donors (Lipinski definition) is 3. The Morgan fingerprint density at radius 3 is 2.00 bits per heavy atom. The number of nitrogens with two attached hydrogens (primary N) is 1. The fourth-order valence-corrected chi connectivity index (χ4v) is 0.413. The summed E-state index contributed by atoms with van der Waals surface area (Å²) in [6, 6.07) is -0.902. The zero-order valence-electron chi connectivity index (χ0n) is 5.96. The highest BCUT2D eigenvalue weighted by atomic mass is 32.1. The second-order valence-corrected chi connectivity index (χ2v) is 3.62. The van der Waals surface area contributed by atoms with E-state index in [-0.39, 0.29) is 13.5 Å². The van der Waals surface area contributed by atoms with Crippen LogP contribution in [0, 0.1) is 0 Å². The minimum atomic E-state index is -1.02. The molecule has 0 saturated carbocycles. The van der Waals surface area contributed by atoms with E-state index in [2.05, 4.69) is 12.6 Å². The fourth-order valence-electron chi connectivity index (χ4n) is 0.302. The molecular formula is C5H13NO2S2. The van der Waals surface area contributed by atoms with Gasteiger partial charge in [0.1, 0.15) is 6.04 Å². The van der Waals surface area contributed by atoms with Crippen molar-refractivity contribution in [2.75, 3.05) is 0 Å². The quantitative estimate of drug-likeness (QED) is 0.537. The molecular weight excluding hydrogens is 170 g/mol. The van der Waals surface area contributed by atoms with Crippen molar-refractivity contribution in [2.45, 2.75) is 24.6 Å². The average molecular weight is 183 g/mol. The molecule has 0 unspecified atom stereocenters. The minimum Gasteiger partial charge on any atom is -0.480 e. The van der Waals surface area contributed by atoms with E-state index in [1.54, 1.807) is 13.8 Å². The Morgan fingerprint density at radius 1 is 1.70 bits per heavy atom. The van der Waals surface area contributed by atoms with Crippen molar-refractivity contribution in [3.05, 3.63) is 0 Å². The molecule has 0 aromatic carbocycles. The lowest BCUT2D eigenvalue weighted by molar-refractivity contribution is -0.139. The van der Waals surface area contributed by atoms with Gasteiger partial charge in [-0.1, -0.05) is 0 Å². The first kappa shape index (κ1) is 12.8. The van der Waals surface area contributed by atoms with Crippen molar-refractivity contribution in [3.63, 3.8) is 0 Å². The third-order valence-corrected chi connectivity index (χ3v) is 1.31. The van der Waals surface area contributed by atoms with Crippen molar-refractivity contribution in [3.8, 4) is 0 Å². The number of rotatable bonds is 2. The van der Waals surface area contributed by atoms with Crippen LogP contribution in [0.15, 0.2) is 0 Å². The SMILES string of the molecule is CC(C)(S)[C@@H](N)C(=O)O.S. The molecule has 0 saturated heterocycles. The van der Waals surface area contributed by atoms with Gasteiger partial charge in [0.2, 0.25) is 0 Å². The van der Waals surface area contributed by atoms with Crippen LogP contribution in [0.25, 0.3) is 0 Å². The molecule has 0 amide bonds. The molecule has 0 aromatic heterocycles. The van der Waals surface area contributed by atoms with Crippen molar-refractivity contribution in [2.24, 2.45) is 5.73 Å². The predicted octanol–water partition coefficient (Wildman–Crippen LogP) is 0.219. The molecule has 5 heteroatoms. The lowest BCUT2D eigenvalue weighted by Gasteiger charge is -2.21. The molecule has 0 bridgehead atoms. The van der Waals surface area contributed by atoms with E-state index in [0.29, 0.717) is 0 Å². The van der Waals surface area contributed by atoms with Gasteiger partial charge in [0.05, 0.1) is 0 Å². The van der Waals surface area contributed by atoms with Crippen LogP contribution in [0.3, 0.4) is 0 Å². The monoisotopic (exact) mass is 183 g/mol. The van der Waals surface area contributed by atoms with Crippen LogP contribution in [0.2, 0.25) is 0 Å². The Labute approximate surface area is 72.8 Å². The largest absolute Gasteiger partial charge is 0.480 e.